The summed E-state index contributed by atoms with van der Waals surface area (Å²) in [5.74, 6) is 0.627. The molecule has 2 aromatic carbocycles. The van der Waals surface area contributed by atoms with Crippen LogP contribution >= 0.6 is 0 Å². The van der Waals surface area contributed by atoms with Gasteiger partial charge in [-0.1, -0.05) is 18.2 Å². The van der Waals surface area contributed by atoms with Crippen molar-refractivity contribution in [3.8, 4) is 11.5 Å². The Balaban J connectivity index is 2.31. The van der Waals surface area contributed by atoms with Crippen LogP contribution in [-0.2, 0) is 6.54 Å². The Morgan fingerprint density at radius 2 is 1.71 bits per heavy atom. The van der Waals surface area contributed by atoms with Crippen molar-refractivity contribution in [3.05, 3.63) is 53.6 Å². The molecule has 0 bridgehead atoms. The van der Waals surface area contributed by atoms with E-state index in [1.807, 2.05) is 18.2 Å². The molecule has 0 aliphatic heterocycles. The molecule has 0 aliphatic carbocycles. The molecule has 0 unspecified atom stereocenters. The normalized spacial score (nSPS) is 10.0. The quantitative estimate of drug-likeness (QED) is 0.885. The fourth-order valence-electron chi connectivity index (χ4n) is 2.04. The summed E-state index contributed by atoms with van der Waals surface area (Å²) in [4.78, 5) is 12.5. The summed E-state index contributed by atoms with van der Waals surface area (Å²) in [6.07, 6.45) is 0. The highest BCUT2D eigenvalue weighted by Crippen LogP contribution is 2.29. The Labute approximate surface area is 123 Å². The van der Waals surface area contributed by atoms with Gasteiger partial charge < -0.3 is 20.5 Å². The fourth-order valence-corrected chi connectivity index (χ4v) is 2.04. The number of nitrogens with two attached hydrogens (primary N) is 1. The minimum Gasteiger partial charge on any atom is -0.496 e. The molecule has 0 heterocycles. The van der Waals surface area contributed by atoms with E-state index in [9.17, 15) is 4.79 Å². The summed E-state index contributed by atoms with van der Waals surface area (Å²) >= 11 is 0. The number of methoxy groups -OCH3 is 2. The Hall–Kier alpha value is -2.53. The first-order chi connectivity index (χ1) is 10.2. The van der Waals surface area contributed by atoms with Gasteiger partial charge in [-0.25, -0.2) is 0 Å². The Bertz CT molecular complexity index is 619. The van der Waals surface area contributed by atoms with Crippen molar-refractivity contribution in [2.24, 2.45) is 5.73 Å². The van der Waals surface area contributed by atoms with E-state index < -0.39 is 0 Å². The van der Waals surface area contributed by atoms with Crippen molar-refractivity contribution < 1.29 is 14.3 Å². The lowest BCUT2D eigenvalue weighted by molar-refractivity contribution is 0.102. The molecule has 0 aromatic heterocycles. The van der Waals surface area contributed by atoms with E-state index in [0.29, 0.717) is 29.3 Å². The van der Waals surface area contributed by atoms with E-state index in [4.69, 9.17) is 15.2 Å². The van der Waals surface area contributed by atoms with Gasteiger partial charge in [0.05, 0.1) is 14.2 Å². The van der Waals surface area contributed by atoms with Gasteiger partial charge in [0.25, 0.3) is 5.91 Å². The van der Waals surface area contributed by atoms with Crippen LogP contribution in [0.4, 0.5) is 5.69 Å². The van der Waals surface area contributed by atoms with Crippen LogP contribution in [0.25, 0.3) is 0 Å². The molecule has 0 radical (unpaired) electrons. The van der Waals surface area contributed by atoms with Gasteiger partial charge in [0.15, 0.2) is 0 Å². The molecular formula is C16H18N2O3. The van der Waals surface area contributed by atoms with E-state index >= 15 is 0 Å². The summed E-state index contributed by atoms with van der Waals surface area (Å²) in [6, 6.07) is 12.6. The number of nitrogens with one attached hydrogen (secondary N) is 1. The van der Waals surface area contributed by atoms with Gasteiger partial charge in [-0.15, -0.1) is 0 Å². The molecule has 3 N–H and O–H groups in total. The number of carbonyl (C=O) groups is 1. The lowest BCUT2D eigenvalue weighted by atomic mass is 10.1. The first-order valence-corrected chi connectivity index (χ1v) is 6.51. The maximum Gasteiger partial charge on any atom is 0.263 e. The molecule has 2 rings (SSSR count). The van der Waals surface area contributed by atoms with E-state index in [1.54, 1.807) is 24.3 Å². The predicted molar refractivity (Wildman–Crippen MR) is 81.8 cm³/mol. The molecule has 2 aromatic rings. The van der Waals surface area contributed by atoms with E-state index in [-0.39, 0.29) is 5.91 Å². The van der Waals surface area contributed by atoms with E-state index in [0.717, 1.165) is 5.56 Å². The predicted octanol–water partition coefficient (Wildman–Crippen LogP) is 2.41. The molecule has 0 spiro atoms. The topological polar surface area (TPSA) is 73.6 Å². The number of ether oxygens (including phenoxy) is 2. The third-order valence-corrected chi connectivity index (χ3v) is 3.08. The van der Waals surface area contributed by atoms with Crippen molar-refractivity contribution in [3.63, 3.8) is 0 Å². The number of benzene rings is 2. The molecule has 0 saturated carbocycles. The molecule has 0 aliphatic rings. The fraction of sp³-hybridized carbons (Fsp3) is 0.188. The van der Waals surface area contributed by atoms with E-state index in [2.05, 4.69) is 5.32 Å². The first-order valence-electron chi connectivity index (χ1n) is 6.51. The summed E-state index contributed by atoms with van der Waals surface area (Å²) < 4.78 is 10.5. The Kier molecular flexibility index (Phi) is 4.79. The minimum absolute atomic E-state index is 0.293. The summed E-state index contributed by atoms with van der Waals surface area (Å²) in [7, 11) is 3.03. The van der Waals surface area contributed by atoms with Crippen molar-refractivity contribution in [1.29, 1.82) is 0 Å². The maximum absolute atomic E-state index is 12.5. The smallest absolute Gasteiger partial charge is 0.263 e. The second-order valence-electron chi connectivity index (χ2n) is 4.40. The number of hydrogen-bond donors (Lipinski definition) is 2. The zero-order chi connectivity index (χ0) is 15.2. The van der Waals surface area contributed by atoms with Gasteiger partial charge in [-0.2, -0.15) is 0 Å². The number of anilines is 1. The number of rotatable bonds is 5. The van der Waals surface area contributed by atoms with Crippen LogP contribution < -0.4 is 20.5 Å². The molecule has 21 heavy (non-hydrogen) atoms. The Morgan fingerprint density at radius 3 is 2.29 bits per heavy atom. The van der Waals surface area contributed by atoms with Gasteiger partial charge in [0.1, 0.15) is 17.1 Å². The van der Waals surface area contributed by atoms with Crippen LogP contribution in [0.1, 0.15) is 15.9 Å². The molecule has 0 saturated heterocycles. The van der Waals surface area contributed by atoms with Crippen LogP contribution in [0, 0.1) is 0 Å². The highest BCUT2D eigenvalue weighted by atomic mass is 16.5. The van der Waals surface area contributed by atoms with Crippen molar-refractivity contribution in [2.75, 3.05) is 19.5 Å². The standard InChI is InChI=1S/C16H18N2O3/c1-20-13-7-4-8-14(21-2)15(13)16(19)18-12-6-3-5-11(9-12)10-17/h3-9H,10,17H2,1-2H3,(H,18,19). The van der Waals surface area contributed by atoms with Crippen LogP contribution in [-0.4, -0.2) is 20.1 Å². The minimum atomic E-state index is -0.293. The highest BCUT2D eigenvalue weighted by Gasteiger charge is 2.18. The molecular weight excluding hydrogens is 268 g/mol. The van der Waals surface area contributed by atoms with Gasteiger partial charge in [-0.05, 0) is 29.8 Å². The third kappa shape index (κ3) is 3.32. The summed E-state index contributed by atoms with van der Waals surface area (Å²) in [5.41, 5.74) is 7.58. The average molecular weight is 286 g/mol. The summed E-state index contributed by atoms with van der Waals surface area (Å²) in [5, 5.41) is 2.83. The van der Waals surface area contributed by atoms with Crippen LogP contribution in [0.15, 0.2) is 42.5 Å². The Morgan fingerprint density at radius 1 is 1.10 bits per heavy atom. The zero-order valence-electron chi connectivity index (χ0n) is 12.1. The molecule has 5 nitrogen and oxygen atoms in total. The van der Waals surface area contributed by atoms with Crippen molar-refractivity contribution >= 4 is 11.6 Å². The monoisotopic (exact) mass is 286 g/mol. The first kappa shape index (κ1) is 14.9. The number of hydrogen-bond acceptors (Lipinski definition) is 4. The van der Waals surface area contributed by atoms with Crippen molar-refractivity contribution in [2.45, 2.75) is 6.54 Å². The lowest BCUT2D eigenvalue weighted by Gasteiger charge is -2.13. The van der Waals surface area contributed by atoms with Gasteiger partial charge in [0, 0.05) is 12.2 Å². The zero-order valence-corrected chi connectivity index (χ0v) is 12.1. The average Bonchev–Trinajstić information content (AvgIpc) is 2.53. The number of amides is 1. The molecule has 0 fully saturated rings. The molecule has 5 heteroatoms. The summed E-state index contributed by atoms with van der Waals surface area (Å²) in [6.45, 7) is 0.418. The van der Waals surface area contributed by atoms with Crippen LogP contribution in [0.2, 0.25) is 0 Å². The molecule has 1 amide bonds. The van der Waals surface area contributed by atoms with Crippen molar-refractivity contribution in [1.82, 2.24) is 0 Å². The maximum atomic E-state index is 12.5. The number of carbonyl (C=O) groups excluding carboxylic acids is 1. The lowest BCUT2D eigenvalue weighted by Crippen LogP contribution is -2.14. The highest BCUT2D eigenvalue weighted by molar-refractivity contribution is 6.08. The third-order valence-electron chi connectivity index (χ3n) is 3.08. The second-order valence-corrected chi connectivity index (χ2v) is 4.40. The van der Waals surface area contributed by atoms with Crippen LogP contribution in [0.3, 0.4) is 0 Å². The molecule has 110 valence electrons. The molecule has 0 atom stereocenters. The van der Waals surface area contributed by atoms with Gasteiger partial charge >= 0.3 is 0 Å². The van der Waals surface area contributed by atoms with Gasteiger partial charge in [0.2, 0.25) is 0 Å². The van der Waals surface area contributed by atoms with Crippen LogP contribution in [0.5, 0.6) is 11.5 Å². The van der Waals surface area contributed by atoms with E-state index in [1.165, 1.54) is 14.2 Å². The van der Waals surface area contributed by atoms with Gasteiger partial charge in [-0.3, -0.25) is 4.79 Å². The largest absolute Gasteiger partial charge is 0.496 e. The SMILES string of the molecule is COc1cccc(OC)c1C(=O)Nc1cccc(CN)c1. The second kappa shape index (κ2) is 6.76.